The minimum Gasteiger partial charge on any atom is -0.489 e. The molecule has 0 amide bonds. The molecule has 2 aromatic carbocycles. The van der Waals surface area contributed by atoms with Gasteiger partial charge in [0.2, 0.25) is 0 Å². The molecule has 2 aromatic rings. The summed E-state index contributed by atoms with van der Waals surface area (Å²) in [5.41, 5.74) is 5.06. The molecule has 0 spiro atoms. The van der Waals surface area contributed by atoms with Gasteiger partial charge in [0.05, 0.1) is 6.04 Å². The first kappa shape index (κ1) is 16.6. The van der Waals surface area contributed by atoms with Crippen LogP contribution in [0, 0.1) is 12.8 Å². The Bertz CT molecular complexity index is 859. The highest BCUT2D eigenvalue weighted by Crippen LogP contribution is 2.52. The molecule has 0 bridgehead atoms. The molecule has 0 radical (unpaired) electrons. The third kappa shape index (κ3) is 2.73. The zero-order valence-electron chi connectivity index (χ0n) is 14.7. The molecule has 1 aliphatic carbocycles. The molecular formula is C22H22ClNOS. The lowest BCUT2D eigenvalue weighted by Crippen LogP contribution is -2.31. The van der Waals surface area contributed by atoms with Gasteiger partial charge in [-0.25, -0.2) is 0 Å². The molecule has 2 nitrogen and oxygen atoms in total. The quantitative estimate of drug-likeness (QED) is 0.660. The van der Waals surface area contributed by atoms with Gasteiger partial charge in [0.15, 0.2) is 0 Å². The van der Waals surface area contributed by atoms with E-state index >= 15 is 0 Å². The molecule has 134 valence electrons. The van der Waals surface area contributed by atoms with Crippen LogP contribution in [-0.2, 0) is 0 Å². The molecule has 5 rings (SSSR count). The van der Waals surface area contributed by atoms with Crippen molar-refractivity contribution in [1.29, 1.82) is 0 Å². The fourth-order valence-electron chi connectivity index (χ4n) is 4.37. The van der Waals surface area contributed by atoms with Gasteiger partial charge in [-0.2, -0.15) is 11.8 Å². The largest absolute Gasteiger partial charge is 0.489 e. The standard InChI is InChI=1S/C22H22ClNOS/c1-13-5-10-19(23)20-17-3-2-4-18(17)22(24-21(13)20)14-6-8-15(9-7-14)25-16-11-26-12-16/h2-3,5-10,16-18,22,24H,4,11-12H2,1H3/t17-,18+,22-/m1/s1. The maximum atomic E-state index is 6.57. The fourth-order valence-corrected chi connectivity index (χ4v) is 5.22. The molecule has 1 fully saturated rings. The SMILES string of the molecule is Cc1ccc(Cl)c2c1N[C@H](c1ccc(OC3CSC3)cc1)[C@H]1CC=C[C@@H]21. The lowest BCUT2D eigenvalue weighted by Gasteiger charge is -2.39. The van der Waals surface area contributed by atoms with Crippen LogP contribution in [0.5, 0.6) is 5.75 Å². The van der Waals surface area contributed by atoms with Crippen molar-refractivity contribution in [3.05, 3.63) is 70.3 Å². The Hall–Kier alpha value is -1.58. The average molecular weight is 384 g/mol. The van der Waals surface area contributed by atoms with Crippen molar-refractivity contribution in [2.45, 2.75) is 31.4 Å². The zero-order valence-corrected chi connectivity index (χ0v) is 16.3. The van der Waals surface area contributed by atoms with Crippen LogP contribution in [0.2, 0.25) is 5.02 Å². The summed E-state index contributed by atoms with van der Waals surface area (Å²) in [5.74, 6) is 4.11. The molecule has 2 heterocycles. The van der Waals surface area contributed by atoms with Crippen LogP contribution in [0.3, 0.4) is 0 Å². The molecule has 2 aliphatic heterocycles. The number of nitrogens with one attached hydrogen (secondary N) is 1. The second kappa shape index (κ2) is 6.54. The van der Waals surface area contributed by atoms with E-state index in [9.17, 15) is 0 Å². The van der Waals surface area contributed by atoms with E-state index in [2.05, 4.69) is 54.7 Å². The zero-order chi connectivity index (χ0) is 17.7. The predicted octanol–water partition coefficient (Wildman–Crippen LogP) is 5.97. The van der Waals surface area contributed by atoms with Gasteiger partial charge in [0.1, 0.15) is 11.9 Å². The van der Waals surface area contributed by atoms with Crippen molar-refractivity contribution >= 4 is 29.1 Å². The van der Waals surface area contributed by atoms with Crippen molar-refractivity contribution in [1.82, 2.24) is 0 Å². The van der Waals surface area contributed by atoms with Crippen molar-refractivity contribution in [3.63, 3.8) is 0 Å². The number of hydrogen-bond acceptors (Lipinski definition) is 3. The maximum absolute atomic E-state index is 6.57. The predicted molar refractivity (Wildman–Crippen MR) is 111 cm³/mol. The van der Waals surface area contributed by atoms with Crippen LogP contribution in [0.25, 0.3) is 0 Å². The highest BCUT2D eigenvalue weighted by atomic mass is 35.5. The van der Waals surface area contributed by atoms with Gasteiger partial charge in [0.25, 0.3) is 0 Å². The summed E-state index contributed by atoms with van der Waals surface area (Å²) in [6.45, 7) is 2.16. The van der Waals surface area contributed by atoms with E-state index in [1.807, 2.05) is 17.8 Å². The smallest absolute Gasteiger partial charge is 0.119 e. The number of anilines is 1. The third-order valence-corrected chi connectivity index (χ3v) is 7.37. The van der Waals surface area contributed by atoms with Gasteiger partial charge < -0.3 is 10.1 Å². The minimum absolute atomic E-state index is 0.299. The number of aryl methyl sites for hydroxylation is 1. The average Bonchev–Trinajstić information content (AvgIpc) is 3.10. The Balaban J connectivity index is 1.46. The van der Waals surface area contributed by atoms with E-state index in [-0.39, 0.29) is 0 Å². The maximum Gasteiger partial charge on any atom is 0.119 e. The number of halogens is 1. The van der Waals surface area contributed by atoms with E-state index in [4.69, 9.17) is 16.3 Å². The van der Waals surface area contributed by atoms with Crippen molar-refractivity contribution in [3.8, 4) is 5.75 Å². The van der Waals surface area contributed by atoms with Gasteiger partial charge in [-0.1, -0.05) is 42.0 Å². The molecular weight excluding hydrogens is 362 g/mol. The molecule has 0 unspecified atom stereocenters. The van der Waals surface area contributed by atoms with Gasteiger partial charge in [-0.05, 0) is 48.6 Å². The fraction of sp³-hybridized carbons (Fsp3) is 0.364. The molecule has 1 saturated heterocycles. The van der Waals surface area contributed by atoms with Crippen LogP contribution in [-0.4, -0.2) is 17.6 Å². The van der Waals surface area contributed by atoms with Gasteiger partial charge in [-0.3, -0.25) is 0 Å². The van der Waals surface area contributed by atoms with Crippen LogP contribution < -0.4 is 10.1 Å². The van der Waals surface area contributed by atoms with Crippen LogP contribution >= 0.6 is 23.4 Å². The van der Waals surface area contributed by atoms with Crippen LogP contribution in [0.15, 0.2) is 48.6 Å². The third-order valence-electron chi connectivity index (χ3n) is 5.82. The highest BCUT2D eigenvalue weighted by molar-refractivity contribution is 8.00. The normalized spacial score (nSPS) is 26.6. The van der Waals surface area contributed by atoms with E-state index in [1.54, 1.807) is 0 Å². The highest BCUT2D eigenvalue weighted by Gasteiger charge is 2.39. The Morgan fingerprint density at radius 1 is 1.12 bits per heavy atom. The lowest BCUT2D eigenvalue weighted by molar-refractivity contribution is 0.240. The first-order valence-corrected chi connectivity index (χ1v) is 10.8. The summed E-state index contributed by atoms with van der Waals surface area (Å²) < 4.78 is 6.00. The number of allylic oxidation sites excluding steroid dienone is 2. The van der Waals surface area contributed by atoms with Crippen molar-refractivity contribution in [2.24, 2.45) is 5.92 Å². The van der Waals surface area contributed by atoms with E-state index in [1.165, 1.54) is 22.4 Å². The minimum atomic E-state index is 0.299. The van der Waals surface area contributed by atoms with Crippen LogP contribution in [0.4, 0.5) is 5.69 Å². The summed E-state index contributed by atoms with van der Waals surface area (Å²) in [6, 6.07) is 13.1. The van der Waals surface area contributed by atoms with Gasteiger partial charge in [0, 0.05) is 33.7 Å². The molecule has 0 saturated carbocycles. The van der Waals surface area contributed by atoms with E-state index in [0.29, 0.717) is 24.0 Å². The summed E-state index contributed by atoms with van der Waals surface area (Å²) in [6.07, 6.45) is 6.13. The molecule has 3 aliphatic rings. The molecule has 26 heavy (non-hydrogen) atoms. The van der Waals surface area contributed by atoms with Gasteiger partial charge >= 0.3 is 0 Å². The van der Waals surface area contributed by atoms with Crippen molar-refractivity contribution in [2.75, 3.05) is 16.8 Å². The monoisotopic (exact) mass is 383 g/mol. The molecule has 1 N–H and O–H groups in total. The Morgan fingerprint density at radius 2 is 1.92 bits per heavy atom. The number of ether oxygens (including phenoxy) is 1. The Kier molecular flexibility index (Phi) is 4.17. The summed E-state index contributed by atoms with van der Waals surface area (Å²) in [4.78, 5) is 0. The topological polar surface area (TPSA) is 21.3 Å². The first-order valence-electron chi connectivity index (χ1n) is 9.27. The number of hydrogen-bond donors (Lipinski definition) is 1. The number of benzene rings is 2. The molecule has 3 atom stereocenters. The van der Waals surface area contributed by atoms with Crippen molar-refractivity contribution < 1.29 is 4.74 Å². The van der Waals surface area contributed by atoms with E-state index in [0.717, 1.165) is 28.7 Å². The Labute approximate surface area is 164 Å². The molecule has 4 heteroatoms. The summed E-state index contributed by atoms with van der Waals surface area (Å²) >= 11 is 8.51. The Morgan fingerprint density at radius 3 is 2.65 bits per heavy atom. The summed E-state index contributed by atoms with van der Waals surface area (Å²) in [5, 5.41) is 4.68. The second-order valence-electron chi connectivity index (χ2n) is 7.47. The first-order chi connectivity index (χ1) is 12.7. The van der Waals surface area contributed by atoms with E-state index < -0.39 is 0 Å². The second-order valence-corrected chi connectivity index (χ2v) is 8.96. The molecule has 0 aromatic heterocycles. The summed E-state index contributed by atoms with van der Waals surface area (Å²) in [7, 11) is 0. The number of thioether (sulfide) groups is 1. The number of fused-ring (bicyclic) bond motifs is 3. The van der Waals surface area contributed by atoms with Gasteiger partial charge in [-0.15, -0.1) is 0 Å². The lowest BCUT2D eigenvalue weighted by atomic mass is 9.76. The number of rotatable bonds is 3. The van der Waals surface area contributed by atoms with Crippen LogP contribution in [0.1, 0.15) is 35.1 Å².